The minimum Gasteiger partial charge on any atom is -0.478 e. The van der Waals surface area contributed by atoms with Crippen LogP contribution in [0.5, 0.6) is 0 Å². The van der Waals surface area contributed by atoms with Crippen molar-refractivity contribution in [1.29, 1.82) is 0 Å². The van der Waals surface area contributed by atoms with Crippen LogP contribution in [0, 0.1) is 0 Å². The topological polar surface area (TPSA) is 81.1 Å². The van der Waals surface area contributed by atoms with Gasteiger partial charge in [0, 0.05) is 23.9 Å². The van der Waals surface area contributed by atoms with Crippen LogP contribution < -0.4 is 5.73 Å². The summed E-state index contributed by atoms with van der Waals surface area (Å²) in [5.41, 5.74) is 8.99. The van der Waals surface area contributed by atoms with E-state index in [0.29, 0.717) is 23.6 Å². The maximum atomic E-state index is 11.2. The van der Waals surface area contributed by atoms with Crippen molar-refractivity contribution in [3.05, 3.63) is 47.6 Å². The smallest absolute Gasteiger partial charge is 0.331 e. The first-order chi connectivity index (χ1) is 12.1. The molecule has 132 valence electrons. The average Bonchev–Trinajstić information content (AvgIpc) is 3.09. The van der Waals surface area contributed by atoms with Crippen LogP contribution in [0.15, 0.2) is 36.2 Å². The van der Waals surface area contributed by atoms with Crippen LogP contribution in [0.2, 0.25) is 0 Å². The molecule has 3 N–H and O–H groups in total. The Labute approximate surface area is 148 Å². The van der Waals surface area contributed by atoms with Crippen LogP contribution in [0.3, 0.4) is 0 Å². The lowest BCUT2D eigenvalue weighted by Gasteiger charge is -2.22. The predicted molar refractivity (Wildman–Crippen MR) is 99.7 cm³/mol. The Hall–Kier alpha value is -2.56. The Morgan fingerprint density at radius 1 is 1.36 bits per heavy atom. The number of imidazole rings is 1. The third-order valence-corrected chi connectivity index (χ3v) is 4.95. The number of benzene rings is 1. The van der Waals surface area contributed by atoms with E-state index in [-0.39, 0.29) is 0 Å². The van der Waals surface area contributed by atoms with Gasteiger partial charge in [0.1, 0.15) is 5.82 Å². The Morgan fingerprint density at radius 3 is 2.76 bits per heavy atom. The molecule has 0 aliphatic heterocycles. The molecule has 0 atom stereocenters. The van der Waals surface area contributed by atoms with Gasteiger partial charge in [0.05, 0.1) is 11.4 Å². The highest BCUT2D eigenvalue weighted by atomic mass is 16.4. The maximum absolute atomic E-state index is 11.2. The zero-order valence-electron chi connectivity index (χ0n) is 14.6. The van der Waals surface area contributed by atoms with Gasteiger partial charge < -0.3 is 15.4 Å². The summed E-state index contributed by atoms with van der Waals surface area (Å²) in [6.07, 6.45) is 12.1. The molecule has 1 aromatic heterocycles. The number of anilines is 1. The summed E-state index contributed by atoms with van der Waals surface area (Å²) in [5, 5.41) is 9.18. The van der Waals surface area contributed by atoms with Crippen molar-refractivity contribution < 1.29 is 9.90 Å². The van der Waals surface area contributed by atoms with Gasteiger partial charge in [0.2, 0.25) is 0 Å². The molecule has 1 saturated carbocycles. The zero-order valence-corrected chi connectivity index (χ0v) is 14.6. The highest BCUT2D eigenvalue weighted by Crippen LogP contribution is 2.33. The maximum Gasteiger partial charge on any atom is 0.331 e. The summed E-state index contributed by atoms with van der Waals surface area (Å²) in [6, 6.07) is 5.69. The van der Waals surface area contributed by atoms with E-state index in [4.69, 9.17) is 5.73 Å². The lowest BCUT2D eigenvalue weighted by Crippen LogP contribution is -2.12. The van der Waals surface area contributed by atoms with Gasteiger partial charge in [-0.1, -0.05) is 32.3 Å². The van der Waals surface area contributed by atoms with Crippen molar-refractivity contribution >= 4 is 17.7 Å². The van der Waals surface area contributed by atoms with Crippen molar-refractivity contribution in [2.75, 3.05) is 5.73 Å². The van der Waals surface area contributed by atoms with Crippen LogP contribution in [-0.2, 0) is 4.79 Å². The third-order valence-electron chi connectivity index (χ3n) is 4.95. The largest absolute Gasteiger partial charge is 0.478 e. The van der Waals surface area contributed by atoms with Gasteiger partial charge in [0.25, 0.3) is 0 Å². The molecule has 0 amide bonds. The third kappa shape index (κ3) is 3.76. The monoisotopic (exact) mass is 339 g/mol. The zero-order chi connectivity index (χ0) is 17.8. The second kappa shape index (κ2) is 7.55. The van der Waals surface area contributed by atoms with Crippen molar-refractivity contribution in [2.45, 2.75) is 51.4 Å². The number of hydrogen-bond donors (Lipinski definition) is 2. The van der Waals surface area contributed by atoms with Gasteiger partial charge >= 0.3 is 5.97 Å². The summed E-state index contributed by atoms with van der Waals surface area (Å²) >= 11 is 0. The number of aromatic nitrogens is 2. The SMILES string of the molecule is CC/C(=C\c1ccc(-n2ccnc2C2CCCCC2)c(N)c1)C(=O)O. The van der Waals surface area contributed by atoms with E-state index in [2.05, 4.69) is 9.55 Å². The van der Waals surface area contributed by atoms with Gasteiger partial charge in [-0.05, 0) is 43.0 Å². The first kappa shape index (κ1) is 17.3. The van der Waals surface area contributed by atoms with Crippen molar-refractivity contribution in [1.82, 2.24) is 9.55 Å². The molecule has 0 unspecified atom stereocenters. The van der Waals surface area contributed by atoms with E-state index in [1.807, 2.05) is 37.5 Å². The van der Waals surface area contributed by atoms with Gasteiger partial charge in [0.15, 0.2) is 0 Å². The number of carboxylic acids is 1. The fraction of sp³-hybridized carbons (Fsp3) is 0.400. The standard InChI is InChI=1S/C20H25N3O2/c1-2-15(20(24)25)12-14-8-9-18(17(21)13-14)23-11-10-22-19(23)16-6-4-3-5-7-16/h8-13,16H,2-7,21H2,1H3,(H,24,25)/b15-12+. The van der Waals surface area contributed by atoms with E-state index >= 15 is 0 Å². The quantitative estimate of drug-likeness (QED) is 0.625. The number of nitrogens with zero attached hydrogens (tertiary/aromatic N) is 2. The first-order valence-electron chi connectivity index (χ1n) is 8.97. The summed E-state index contributed by atoms with van der Waals surface area (Å²) in [5.74, 6) is 0.676. The number of nitrogens with two attached hydrogens (primary N) is 1. The first-order valence-corrected chi connectivity index (χ1v) is 8.97. The highest BCUT2D eigenvalue weighted by Gasteiger charge is 2.21. The number of carbonyl (C=O) groups is 1. The molecule has 1 fully saturated rings. The van der Waals surface area contributed by atoms with Gasteiger partial charge in [-0.2, -0.15) is 0 Å². The second-order valence-corrected chi connectivity index (χ2v) is 6.64. The fourth-order valence-corrected chi connectivity index (χ4v) is 3.58. The molecule has 0 radical (unpaired) electrons. The lowest BCUT2D eigenvalue weighted by atomic mass is 9.88. The van der Waals surface area contributed by atoms with E-state index in [9.17, 15) is 9.90 Å². The van der Waals surface area contributed by atoms with Crippen molar-refractivity contribution in [2.24, 2.45) is 0 Å². The Balaban J connectivity index is 1.92. The normalized spacial score (nSPS) is 16.1. The van der Waals surface area contributed by atoms with Crippen molar-refractivity contribution in [3.8, 4) is 5.69 Å². The lowest BCUT2D eigenvalue weighted by molar-refractivity contribution is -0.132. The molecule has 1 heterocycles. The van der Waals surface area contributed by atoms with E-state index < -0.39 is 5.97 Å². The molecule has 1 aliphatic rings. The number of nitrogen functional groups attached to an aromatic ring is 1. The number of carboxylic acid groups (broad SMARTS) is 1. The molecule has 0 spiro atoms. The highest BCUT2D eigenvalue weighted by molar-refractivity contribution is 5.92. The van der Waals surface area contributed by atoms with Crippen LogP contribution >= 0.6 is 0 Å². The van der Waals surface area contributed by atoms with Gasteiger partial charge in [-0.25, -0.2) is 9.78 Å². The molecule has 1 aromatic carbocycles. The van der Waals surface area contributed by atoms with E-state index in [1.54, 1.807) is 6.08 Å². The minimum absolute atomic E-state index is 0.373. The summed E-state index contributed by atoms with van der Waals surface area (Å²) in [6.45, 7) is 1.83. The molecule has 5 nitrogen and oxygen atoms in total. The van der Waals surface area contributed by atoms with Crippen LogP contribution in [-0.4, -0.2) is 20.6 Å². The summed E-state index contributed by atoms with van der Waals surface area (Å²) < 4.78 is 2.08. The second-order valence-electron chi connectivity index (χ2n) is 6.64. The molecule has 3 rings (SSSR count). The fourth-order valence-electron chi connectivity index (χ4n) is 3.58. The number of hydrogen-bond acceptors (Lipinski definition) is 3. The molecular weight excluding hydrogens is 314 g/mol. The molecule has 0 saturated heterocycles. The van der Waals surface area contributed by atoms with Crippen LogP contribution in [0.1, 0.15) is 62.8 Å². The molecule has 5 heteroatoms. The average molecular weight is 339 g/mol. The molecule has 1 aliphatic carbocycles. The van der Waals surface area contributed by atoms with Crippen LogP contribution in [0.4, 0.5) is 5.69 Å². The van der Waals surface area contributed by atoms with Crippen molar-refractivity contribution in [3.63, 3.8) is 0 Å². The van der Waals surface area contributed by atoms with E-state index in [1.165, 1.54) is 32.1 Å². The number of aliphatic carboxylic acids is 1. The number of rotatable bonds is 5. The summed E-state index contributed by atoms with van der Waals surface area (Å²) in [7, 11) is 0. The summed E-state index contributed by atoms with van der Waals surface area (Å²) in [4.78, 5) is 15.8. The predicted octanol–water partition coefficient (Wildman–Crippen LogP) is 4.38. The Morgan fingerprint density at radius 2 is 2.12 bits per heavy atom. The molecule has 25 heavy (non-hydrogen) atoms. The van der Waals surface area contributed by atoms with Gasteiger partial charge in [-0.3, -0.25) is 0 Å². The minimum atomic E-state index is -0.889. The van der Waals surface area contributed by atoms with E-state index in [0.717, 1.165) is 17.1 Å². The Bertz CT molecular complexity index is 786. The molecule has 2 aromatic rings. The van der Waals surface area contributed by atoms with Crippen LogP contribution in [0.25, 0.3) is 11.8 Å². The molecular formula is C20H25N3O2. The van der Waals surface area contributed by atoms with Gasteiger partial charge in [-0.15, -0.1) is 0 Å². The Kier molecular flexibility index (Phi) is 5.22. The molecule has 0 bridgehead atoms.